The molecule has 3 aliphatic rings. The second kappa shape index (κ2) is 10.5. The van der Waals surface area contributed by atoms with Gasteiger partial charge in [-0.05, 0) is 50.1 Å². The maximum absolute atomic E-state index is 12.6. The van der Waals surface area contributed by atoms with Crippen molar-refractivity contribution in [1.82, 2.24) is 9.80 Å². The number of alkyl halides is 3. The SMILES string of the molecule is O=C(O)C(F)(F)F.O=C([C@H]1C[C@@H]2CCN(CCc3ccccc3)C[C@H]2O1)N1CCCC1. The molecule has 0 saturated carbocycles. The number of carbonyl (C=O) groups excluding carboxylic acids is 1. The number of hydrogen-bond donors (Lipinski definition) is 1. The summed E-state index contributed by atoms with van der Waals surface area (Å²) in [7, 11) is 0. The molecule has 3 saturated heterocycles. The topological polar surface area (TPSA) is 70.1 Å². The first kappa shape index (κ1) is 23.5. The van der Waals surface area contributed by atoms with E-state index < -0.39 is 12.1 Å². The average molecular weight is 442 g/mol. The summed E-state index contributed by atoms with van der Waals surface area (Å²) in [5.41, 5.74) is 1.40. The molecule has 172 valence electrons. The van der Waals surface area contributed by atoms with E-state index in [2.05, 4.69) is 35.2 Å². The van der Waals surface area contributed by atoms with Crippen LogP contribution in [-0.4, -0.2) is 77.9 Å². The van der Waals surface area contributed by atoms with Gasteiger partial charge in [0, 0.05) is 26.2 Å². The van der Waals surface area contributed by atoms with Crippen molar-refractivity contribution < 1.29 is 32.6 Å². The first-order valence-corrected chi connectivity index (χ1v) is 10.7. The number of carbonyl (C=O) groups is 2. The van der Waals surface area contributed by atoms with Crippen molar-refractivity contribution in [1.29, 1.82) is 0 Å². The van der Waals surface area contributed by atoms with Crippen LogP contribution in [0.1, 0.15) is 31.2 Å². The Bertz CT molecular complexity index is 738. The Morgan fingerprint density at radius 1 is 1.10 bits per heavy atom. The van der Waals surface area contributed by atoms with Crippen LogP contribution >= 0.6 is 0 Å². The number of carboxylic acids is 1. The van der Waals surface area contributed by atoms with Crippen LogP contribution in [-0.2, 0) is 20.7 Å². The van der Waals surface area contributed by atoms with Crippen molar-refractivity contribution in [2.24, 2.45) is 5.92 Å². The lowest BCUT2D eigenvalue weighted by Gasteiger charge is -2.34. The molecule has 3 fully saturated rings. The number of hydrogen-bond acceptors (Lipinski definition) is 4. The summed E-state index contributed by atoms with van der Waals surface area (Å²) < 4.78 is 37.9. The van der Waals surface area contributed by atoms with Crippen molar-refractivity contribution >= 4 is 11.9 Å². The number of nitrogens with zero attached hydrogens (tertiary/aromatic N) is 2. The van der Waals surface area contributed by atoms with Crippen LogP contribution in [0, 0.1) is 5.92 Å². The van der Waals surface area contributed by atoms with Gasteiger partial charge < -0.3 is 19.6 Å². The van der Waals surface area contributed by atoms with Gasteiger partial charge in [-0.25, -0.2) is 4.79 Å². The molecule has 0 spiro atoms. The molecule has 3 atom stereocenters. The molecule has 1 aromatic carbocycles. The summed E-state index contributed by atoms with van der Waals surface area (Å²) >= 11 is 0. The maximum Gasteiger partial charge on any atom is 0.490 e. The largest absolute Gasteiger partial charge is 0.490 e. The quantitative estimate of drug-likeness (QED) is 0.777. The first-order chi connectivity index (χ1) is 14.7. The number of aliphatic carboxylic acids is 1. The number of benzene rings is 1. The molecule has 1 N–H and O–H groups in total. The zero-order chi connectivity index (χ0) is 22.4. The predicted molar refractivity (Wildman–Crippen MR) is 107 cm³/mol. The molecule has 1 amide bonds. The van der Waals surface area contributed by atoms with Gasteiger partial charge in [0.2, 0.25) is 0 Å². The Labute approximate surface area is 180 Å². The molecular weight excluding hydrogens is 413 g/mol. The number of fused-ring (bicyclic) bond motifs is 1. The minimum absolute atomic E-state index is 0.174. The molecule has 3 aliphatic heterocycles. The monoisotopic (exact) mass is 442 g/mol. The third kappa shape index (κ3) is 6.67. The van der Waals surface area contributed by atoms with Crippen LogP contribution < -0.4 is 0 Å². The Hall–Kier alpha value is -2.13. The van der Waals surface area contributed by atoms with E-state index >= 15 is 0 Å². The third-order valence-corrected chi connectivity index (χ3v) is 6.13. The average Bonchev–Trinajstić information content (AvgIpc) is 3.42. The molecule has 3 heterocycles. The van der Waals surface area contributed by atoms with Crippen molar-refractivity contribution in [2.45, 2.75) is 50.5 Å². The predicted octanol–water partition coefficient (Wildman–Crippen LogP) is 2.96. The van der Waals surface area contributed by atoms with E-state index in [1.807, 2.05) is 4.90 Å². The standard InChI is InChI=1S/C20H28N2O2.C2HF3O2/c23-20(22-10-4-5-11-22)18-14-17-9-13-21(15-19(17)24-18)12-8-16-6-2-1-3-7-16;3-2(4,5)1(6)7/h1-3,6-7,17-19H,4-5,8-15H2;(H,6,7)/t17-,18+,19+;/m0./s1. The highest BCUT2D eigenvalue weighted by molar-refractivity contribution is 5.81. The van der Waals surface area contributed by atoms with Crippen molar-refractivity contribution in [3.8, 4) is 0 Å². The highest BCUT2D eigenvalue weighted by atomic mass is 19.4. The van der Waals surface area contributed by atoms with E-state index in [1.54, 1.807) is 0 Å². The van der Waals surface area contributed by atoms with Crippen LogP contribution in [0.5, 0.6) is 0 Å². The van der Waals surface area contributed by atoms with Gasteiger partial charge >= 0.3 is 12.1 Å². The van der Waals surface area contributed by atoms with E-state index in [1.165, 1.54) is 12.0 Å². The Morgan fingerprint density at radius 2 is 1.74 bits per heavy atom. The van der Waals surface area contributed by atoms with Gasteiger partial charge in [0.05, 0.1) is 6.10 Å². The summed E-state index contributed by atoms with van der Waals surface area (Å²) in [5.74, 6) is -1.93. The molecule has 6 nitrogen and oxygen atoms in total. The molecule has 1 aromatic rings. The van der Waals surface area contributed by atoms with Gasteiger partial charge in [0.1, 0.15) is 6.10 Å². The summed E-state index contributed by atoms with van der Waals surface area (Å²) in [5, 5.41) is 7.12. The third-order valence-electron chi connectivity index (χ3n) is 6.13. The summed E-state index contributed by atoms with van der Waals surface area (Å²) in [6.07, 6.45) is 0.500. The molecule has 0 bridgehead atoms. The number of likely N-dealkylation sites (tertiary alicyclic amines) is 2. The van der Waals surface area contributed by atoms with Crippen LogP contribution in [0.4, 0.5) is 13.2 Å². The fraction of sp³-hybridized carbons (Fsp3) is 0.636. The number of piperidine rings is 1. The van der Waals surface area contributed by atoms with Gasteiger partial charge in [0.25, 0.3) is 5.91 Å². The number of halogens is 3. The molecule has 0 radical (unpaired) electrons. The minimum atomic E-state index is -5.08. The maximum atomic E-state index is 12.6. The van der Waals surface area contributed by atoms with E-state index in [9.17, 15) is 18.0 Å². The molecule has 0 unspecified atom stereocenters. The molecule has 0 aromatic heterocycles. The summed E-state index contributed by atoms with van der Waals surface area (Å²) in [6.45, 7) is 5.07. The Morgan fingerprint density at radius 3 is 2.35 bits per heavy atom. The second-order valence-corrected chi connectivity index (χ2v) is 8.32. The summed E-state index contributed by atoms with van der Waals surface area (Å²) in [6, 6.07) is 10.7. The number of carboxylic acid groups (broad SMARTS) is 1. The number of amides is 1. The van der Waals surface area contributed by atoms with Crippen LogP contribution in [0.2, 0.25) is 0 Å². The smallest absolute Gasteiger partial charge is 0.475 e. The highest BCUT2D eigenvalue weighted by Gasteiger charge is 2.43. The number of ether oxygens (including phenoxy) is 1. The van der Waals surface area contributed by atoms with Gasteiger partial charge in [-0.2, -0.15) is 13.2 Å². The van der Waals surface area contributed by atoms with E-state index in [0.717, 1.165) is 58.4 Å². The van der Waals surface area contributed by atoms with Gasteiger partial charge in [-0.15, -0.1) is 0 Å². The zero-order valence-electron chi connectivity index (χ0n) is 17.4. The molecule has 0 aliphatic carbocycles. The first-order valence-electron chi connectivity index (χ1n) is 10.7. The molecular formula is C22H29F3N2O4. The minimum Gasteiger partial charge on any atom is -0.475 e. The fourth-order valence-electron chi connectivity index (χ4n) is 4.43. The molecule has 31 heavy (non-hydrogen) atoms. The normalized spacial score (nSPS) is 26.2. The van der Waals surface area contributed by atoms with E-state index in [-0.39, 0.29) is 18.1 Å². The zero-order valence-corrected chi connectivity index (χ0v) is 17.4. The van der Waals surface area contributed by atoms with Crippen molar-refractivity contribution in [3.05, 3.63) is 35.9 Å². The molecule has 4 rings (SSSR count). The van der Waals surface area contributed by atoms with Crippen molar-refractivity contribution in [3.63, 3.8) is 0 Å². The van der Waals surface area contributed by atoms with E-state index in [0.29, 0.717) is 5.92 Å². The lowest BCUT2D eigenvalue weighted by Crippen LogP contribution is -2.43. The second-order valence-electron chi connectivity index (χ2n) is 8.32. The highest BCUT2D eigenvalue weighted by Crippen LogP contribution is 2.34. The van der Waals surface area contributed by atoms with Gasteiger partial charge in [-0.1, -0.05) is 30.3 Å². The number of rotatable bonds is 4. The Kier molecular flexibility index (Phi) is 7.94. The van der Waals surface area contributed by atoms with Crippen LogP contribution in [0.3, 0.4) is 0 Å². The van der Waals surface area contributed by atoms with Gasteiger partial charge in [0.15, 0.2) is 0 Å². The van der Waals surface area contributed by atoms with Crippen LogP contribution in [0.25, 0.3) is 0 Å². The fourth-order valence-corrected chi connectivity index (χ4v) is 4.43. The lowest BCUT2D eigenvalue weighted by atomic mass is 9.91. The van der Waals surface area contributed by atoms with Crippen molar-refractivity contribution in [2.75, 3.05) is 32.7 Å². The summed E-state index contributed by atoms with van der Waals surface area (Å²) in [4.78, 5) is 26.0. The van der Waals surface area contributed by atoms with E-state index in [4.69, 9.17) is 14.6 Å². The van der Waals surface area contributed by atoms with Gasteiger partial charge in [-0.3, -0.25) is 4.79 Å². The molecule has 9 heteroatoms. The Balaban J connectivity index is 0.000000339. The van der Waals surface area contributed by atoms with Crippen LogP contribution in [0.15, 0.2) is 30.3 Å². The lowest BCUT2D eigenvalue weighted by molar-refractivity contribution is -0.192.